The SMILES string of the molecule is Ic1ccc(OCCCCC[NH+]2CCOCC2)cc1. The van der Waals surface area contributed by atoms with Gasteiger partial charge in [0.15, 0.2) is 0 Å². The second-order valence-electron chi connectivity index (χ2n) is 4.98. The number of quaternary nitrogens is 1. The average Bonchev–Trinajstić information content (AvgIpc) is 2.46. The molecule has 4 heteroatoms. The van der Waals surface area contributed by atoms with Gasteiger partial charge in [-0.1, -0.05) is 0 Å². The van der Waals surface area contributed by atoms with Crippen molar-refractivity contribution >= 4 is 22.6 Å². The van der Waals surface area contributed by atoms with Crippen molar-refractivity contribution in [3.63, 3.8) is 0 Å². The molecule has 1 aliphatic rings. The Morgan fingerprint density at radius 3 is 2.53 bits per heavy atom. The summed E-state index contributed by atoms with van der Waals surface area (Å²) >= 11 is 2.31. The molecule has 0 spiro atoms. The molecule has 1 N–H and O–H groups in total. The van der Waals surface area contributed by atoms with E-state index >= 15 is 0 Å². The molecule has 0 bridgehead atoms. The Labute approximate surface area is 129 Å². The Morgan fingerprint density at radius 2 is 1.79 bits per heavy atom. The first-order valence-electron chi connectivity index (χ1n) is 7.14. The van der Waals surface area contributed by atoms with Crippen molar-refractivity contribution < 1.29 is 14.4 Å². The lowest BCUT2D eigenvalue weighted by Crippen LogP contribution is -3.14. The number of unbranched alkanes of at least 4 members (excludes halogenated alkanes) is 2. The van der Waals surface area contributed by atoms with E-state index in [0.29, 0.717) is 0 Å². The predicted octanol–water partition coefficient (Wildman–Crippen LogP) is 1.76. The van der Waals surface area contributed by atoms with Gasteiger partial charge in [-0.25, -0.2) is 0 Å². The van der Waals surface area contributed by atoms with Crippen molar-refractivity contribution in [1.29, 1.82) is 0 Å². The zero-order chi connectivity index (χ0) is 13.3. The third-order valence-corrected chi connectivity index (χ3v) is 4.18. The van der Waals surface area contributed by atoms with Crippen LogP contribution in [0.5, 0.6) is 5.75 Å². The molecule has 0 amide bonds. The van der Waals surface area contributed by atoms with Crippen LogP contribution in [0.25, 0.3) is 0 Å². The first kappa shape index (κ1) is 15.1. The highest BCUT2D eigenvalue weighted by Crippen LogP contribution is 2.13. The molecule has 106 valence electrons. The molecule has 1 heterocycles. The fraction of sp³-hybridized carbons (Fsp3) is 0.600. The molecule has 1 aromatic carbocycles. The predicted molar refractivity (Wildman–Crippen MR) is 84.9 cm³/mol. The minimum Gasteiger partial charge on any atom is -0.494 e. The van der Waals surface area contributed by atoms with E-state index in [-0.39, 0.29) is 0 Å². The number of hydrogen-bond donors (Lipinski definition) is 1. The highest BCUT2D eigenvalue weighted by molar-refractivity contribution is 14.1. The highest BCUT2D eigenvalue weighted by atomic mass is 127. The smallest absolute Gasteiger partial charge is 0.119 e. The molecule has 1 aliphatic heterocycles. The van der Waals surface area contributed by atoms with Gasteiger partial charge in [-0.2, -0.15) is 0 Å². The molecule has 0 unspecified atom stereocenters. The second kappa shape index (κ2) is 8.76. The monoisotopic (exact) mass is 376 g/mol. The van der Waals surface area contributed by atoms with Crippen molar-refractivity contribution in [2.75, 3.05) is 39.5 Å². The van der Waals surface area contributed by atoms with Gasteiger partial charge in [0.05, 0.1) is 26.4 Å². The van der Waals surface area contributed by atoms with E-state index in [0.717, 1.165) is 32.0 Å². The number of hydrogen-bond acceptors (Lipinski definition) is 2. The summed E-state index contributed by atoms with van der Waals surface area (Å²) in [5, 5.41) is 0. The molecule has 0 aromatic heterocycles. The van der Waals surface area contributed by atoms with Crippen molar-refractivity contribution in [2.24, 2.45) is 0 Å². The Hall–Kier alpha value is -0.330. The van der Waals surface area contributed by atoms with Gasteiger partial charge in [0.25, 0.3) is 0 Å². The van der Waals surface area contributed by atoms with Gasteiger partial charge in [0, 0.05) is 3.57 Å². The number of benzene rings is 1. The fourth-order valence-corrected chi connectivity index (χ4v) is 2.64. The second-order valence-corrected chi connectivity index (χ2v) is 6.22. The van der Waals surface area contributed by atoms with Crippen LogP contribution in [0.3, 0.4) is 0 Å². The molecule has 0 radical (unpaired) electrons. The van der Waals surface area contributed by atoms with Crippen LogP contribution in [0.1, 0.15) is 19.3 Å². The topological polar surface area (TPSA) is 22.9 Å². The van der Waals surface area contributed by atoms with E-state index in [9.17, 15) is 0 Å². The summed E-state index contributed by atoms with van der Waals surface area (Å²) in [6, 6.07) is 8.24. The molecule has 1 aromatic rings. The van der Waals surface area contributed by atoms with E-state index in [4.69, 9.17) is 9.47 Å². The molecule has 19 heavy (non-hydrogen) atoms. The van der Waals surface area contributed by atoms with E-state index in [2.05, 4.69) is 34.7 Å². The maximum Gasteiger partial charge on any atom is 0.119 e. The largest absolute Gasteiger partial charge is 0.494 e. The number of halogens is 1. The first-order valence-corrected chi connectivity index (χ1v) is 8.22. The summed E-state index contributed by atoms with van der Waals surface area (Å²) in [4.78, 5) is 1.70. The molecule has 2 rings (SSSR count). The van der Waals surface area contributed by atoms with Gasteiger partial charge in [-0.15, -0.1) is 0 Å². The maximum absolute atomic E-state index is 5.72. The molecular weight excluding hydrogens is 353 g/mol. The molecule has 0 atom stereocenters. The summed E-state index contributed by atoms with van der Waals surface area (Å²) in [6.07, 6.45) is 3.70. The zero-order valence-electron chi connectivity index (χ0n) is 11.4. The van der Waals surface area contributed by atoms with E-state index in [1.54, 1.807) is 4.90 Å². The Morgan fingerprint density at radius 1 is 1.05 bits per heavy atom. The normalized spacial score (nSPS) is 16.5. The molecule has 0 saturated carbocycles. The molecule has 1 saturated heterocycles. The molecule has 1 fully saturated rings. The first-order chi connectivity index (χ1) is 9.34. The Balaban J connectivity index is 1.49. The van der Waals surface area contributed by atoms with Crippen LogP contribution in [0.15, 0.2) is 24.3 Å². The van der Waals surface area contributed by atoms with Gasteiger partial charge in [-0.3, -0.25) is 0 Å². The zero-order valence-corrected chi connectivity index (χ0v) is 13.5. The lowest BCUT2D eigenvalue weighted by molar-refractivity contribution is -0.908. The summed E-state index contributed by atoms with van der Waals surface area (Å²) in [7, 11) is 0. The minimum atomic E-state index is 0.832. The fourth-order valence-electron chi connectivity index (χ4n) is 2.28. The summed E-state index contributed by atoms with van der Waals surface area (Å²) < 4.78 is 12.3. The van der Waals surface area contributed by atoms with Crippen LogP contribution in [0.2, 0.25) is 0 Å². The van der Waals surface area contributed by atoms with Crippen LogP contribution in [-0.4, -0.2) is 39.5 Å². The molecule has 0 aliphatic carbocycles. The summed E-state index contributed by atoms with van der Waals surface area (Å²) in [5.41, 5.74) is 0. The lowest BCUT2D eigenvalue weighted by Gasteiger charge is -2.23. The van der Waals surface area contributed by atoms with E-state index in [1.807, 2.05) is 12.1 Å². The molecular formula is C15H23INO2+. The van der Waals surface area contributed by atoms with Crippen molar-refractivity contribution in [1.82, 2.24) is 0 Å². The highest BCUT2D eigenvalue weighted by Gasteiger charge is 2.12. The quantitative estimate of drug-likeness (QED) is 0.579. The number of rotatable bonds is 7. The van der Waals surface area contributed by atoms with Crippen molar-refractivity contribution in [2.45, 2.75) is 19.3 Å². The Kier molecular flexibility index (Phi) is 6.95. The number of morpholine rings is 1. The molecule has 3 nitrogen and oxygen atoms in total. The lowest BCUT2D eigenvalue weighted by atomic mass is 10.2. The van der Waals surface area contributed by atoms with Gasteiger partial charge in [0.1, 0.15) is 18.8 Å². The van der Waals surface area contributed by atoms with Crippen molar-refractivity contribution in [3.8, 4) is 5.75 Å². The van der Waals surface area contributed by atoms with Crippen molar-refractivity contribution in [3.05, 3.63) is 27.8 Å². The van der Waals surface area contributed by atoms with Crippen LogP contribution in [-0.2, 0) is 4.74 Å². The summed E-state index contributed by atoms with van der Waals surface area (Å²) in [6.45, 7) is 6.35. The van der Waals surface area contributed by atoms with E-state index < -0.39 is 0 Å². The van der Waals surface area contributed by atoms with Gasteiger partial charge < -0.3 is 14.4 Å². The summed E-state index contributed by atoms with van der Waals surface area (Å²) in [5.74, 6) is 0.985. The standard InChI is InChI=1S/C15H22INO2/c16-14-4-6-15(7-5-14)19-11-3-1-2-8-17-9-12-18-13-10-17/h4-7H,1-3,8-13H2/p+1. The van der Waals surface area contributed by atoms with Crippen LogP contribution < -0.4 is 9.64 Å². The van der Waals surface area contributed by atoms with Gasteiger partial charge in [-0.05, 0) is 66.1 Å². The van der Waals surface area contributed by atoms with Crippen LogP contribution in [0, 0.1) is 3.57 Å². The van der Waals surface area contributed by atoms with Gasteiger partial charge in [0.2, 0.25) is 0 Å². The third-order valence-electron chi connectivity index (χ3n) is 3.46. The number of nitrogens with one attached hydrogen (secondary N) is 1. The average molecular weight is 376 g/mol. The minimum absolute atomic E-state index is 0.832. The third kappa shape index (κ3) is 6.10. The van der Waals surface area contributed by atoms with Crippen LogP contribution >= 0.6 is 22.6 Å². The maximum atomic E-state index is 5.72. The Bertz CT molecular complexity index is 350. The van der Waals surface area contributed by atoms with E-state index in [1.165, 1.54) is 36.0 Å². The number of ether oxygens (including phenoxy) is 2. The van der Waals surface area contributed by atoms with Crippen LogP contribution in [0.4, 0.5) is 0 Å². The van der Waals surface area contributed by atoms with Gasteiger partial charge >= 0.3 is 0 Å².